The Hall–Kier alpha value is -1.44. The van der Waals surface area contributed by atoms with Crippen LogP contribution in [0.1, 0.15) is 56.6 Å². The average molecular weight is 447 g/mol. The Labute approximate surface area is 191 Å². The van der Waals surface area contributed by atoms with Crippen LogP contribution in [0.3, 0.4) is 0 Å². The van der Waals surface area contributed by atoms with E-state index in [9.17, 15) is 15.3 Å². The summed E-state index contributed by atoms with van der Waals surface area (Å²) >= 11 is 0. The van der Waals surface area contributed by atoms with Crippen LogP contribution in [0, 0.1) is 17.3 Å². The van der Waals surface area contributed by atoms with Gasteiger partial charge in [-0.15, -0.1) is 6.58 Å². The highest BCUT2D eigenvalue weighted by atomic mass is 16.7. The predicted molar refractivity (Wildman–Crippen MR) is 121 cm³/mol. The van der Waals surface area contributed by atoms with Gasteiger partial charge in [-0.1, -0.05) is 19.1 Å². The average Bonchev–Trinajstić information content (AvgIpc) is 2.80. The van der Waals surface area contributed by atoms with Gasteiger partial charge in [0.25, 0.3) is 0 Å². The maximum atomic E-state index is 10.4. The minimum atomic E-state index is -1.27. The fraction of sp³-hybridized carbons (Fsp3) is 0.692. The van der Waals surface area contributed by atoms with E-state index in [0.717, 1.165) is 37.9 Å². The number of hydrogen-bond acceptors (Lipinski definition) is 6. The molecule has 0 aromatic heterocycles. The third kappa shape index (κ3) is 4.24. The van der Waals surface area contributed by atoms with E-state index in [-0.39, 0.29) is 5.41 Å². The van der Waals surface area contributed by atoms with Crippen molar-refractivity contribution < 1.29 is 29.5 Å². The van der Waals surface area contributed by atoms with Crippen LogP contribution in [0.25, 0.3) is 0 Å². The monoisotopic (exact) mass is 446 g/mol. The second-order valence-corrected chi connectivity index (χ2v) is 10.2. The van der Waals surface area contributed by atoms with Gasteiger partial charge in [0.2, 0.25) is 0 Å². The van der Waals surface area contributed by atoms with Crippen LogP contribution in [0.15, 0.2) is 30.9 Å². The molecule has 1 saturated heterocycles. The van der Waals surface area contributed by atoms with E-state index in [1.165, 1.54) is 11.1 Å². The highest BCUT2D eigenvalue weighted by Gasteiger charge is 2.49. The second-order valence-electron chi connectivity index (χ2n) is 10.2. The van der Waals surface area contributed by atoms with Crippen LogP contribution in [0.4, 0.5) is 0 Å². The molecule has 0 spiro atoms. The van der Waals surface area contributed by atoms with Gasteiger partial charge >= 0.3 is 0 Å². The first-order valence-electron chi connectivity index (χ1n) is 11.9. The Morgan fingerprint density at radius 1 is 1.19 bits per heavy atom. The standard InChI is InChI=1S/C26H38O6/c1-5-6-21-20-9-7-16-13-17(30-4)8-10-18(16)19(20)11-12-26(21,3)14-31-25-24(29)23(28)22(27)15(2)32-25/h5,8,10,13,15,19-25,27-29H,1,6-7,9,11-12,14H2,2-4H3/t15-,19+,20+,21-,22-,23+,24+,25+,26+/m0/s1. The van der Waals surface area contributed by atoms with Gasteiger partial charge in [0.1, 0.15) is 24.1 Å². The lowest BCUT2D eigenvalue weighted by Gasteiger charge is -2.52. The van der Waals surface area contributed by atoms with Gasteiger partial charge in [0.15, 0.2) is 6.29 Å². The number of fused-ring (bicyclic) bond motifs is 3. The Kier molecular flexibility index (Phi) is 6.99. The summed E-state index contributed by atoms with van der Waals surface area (Å²) in [7, 11) is 1.72. The van der Waals surface area contributed by atoms with Crippen LogP contribution in [-0.4, -0.2) is 59.7 Å². The topological polar surface area (TPSA) is 88.4 Å². The molecule has 3 N–H and O–H groups in total. The van der Waals surface area contributed by atoms with E-state index in [1.807, 2.05) is 6.08 Å². The van der Waals surface area contributed by atoms with E-state index >= 15 is 0 Å². The van der Waals surface area contributed by atoms with Gasteiger partial charge < -0.3 is 29.5 Å². The molecule has 1 aromatic rings. The summed E-state index contributed by atoms with van der Waals surface area (Å²) in [5, 5.41) is 30.4. The Balaban J connectivity index is 1.51. The lowest BCUT2D eigenvalue weighted by atomic mass is 9.54. The summed E-state index contributed by atoms with van der Waals surface area (Å²) in [6.07, 6.45) is 1.99. The molecule has 6 nitrogen and oxygen atoms in total. The molecule has 4 rings (SSSR count). The number of allylic oxidation sites excluding steroid dienone is 1. The Bertz CT molecular complexity index is 812. The van der Waals surface area contributed by atoms with Crippen LogP contribution in [-0.2, 0) is 15.9 Å². The molecule has 32 heavy (non-hydrogen) atoms. The fourth-order valence-corrected chi connectivity index (χ4v) is 6.32. The smallest absolute Gasteiger partial charge is 0.186 e. The first kappa shape index (κ1) is 23.7. The third-order valence-corrected chi connectivity index (χ3v) is 8.26. The van der Waals surface area contributed by atoms with Gasteiger partial charge in [0, 0.05) is 0 Å². The summed E-state index contributed by atoms with van der Waals surface area (Å²) in [4.78, 5) is 0. The lowest BCUT2D eigenvalue weighted by molar-refractivity contribution is -0.301. The molecule has 6 heteroatoms. The number of aliphatic hydroxyl groups is 3. The number of aryl methyl sites for hydroxylation is 1. The minimum absolute atomic E-state index is 0.0906. The Morgan fingerprint density at radius 2 is 1.97 bits per heavy atom. The molecular weight excluding hydrogens is 408 g/mol. The number of benzene rings is 1. The molecule has 2 fully saturated rings. The summed E-state index contributed by atoms with van der Waals surface area (Å²) < 4.78 is 17.2. The van der Waals surface area contributed by atoms with E-state index < -0.39 is 30.7 Å². The molecule has 0 bridgehead atoms. The number of hydrogen-bond donors (Lipinski definition) is 3. The molecule has 0 radical (unpaired) electrons. The van der Waals surface area contributed by atoms with Crippen molar-refractivity contribution in [1.82, 2.24) is 0 Å². The molecule has 0 amide bonds. The molecule has 3 aliphatic rings. The lowest BCUT2D eigenvalue weighted by Crippen LogP contribution is -2.58. The van der Waals surface area contributed by atoms with Gasteiger partial charge in [-0.05, 0) is 85.5 Å². The van der Waals surface area contributed by atoms with Crippen LogP contribution < -0.4 is 4.74 Å². The predicted octanol–water partition coefficient (Wildman–Crippen LogP) is 3.18. The van der Waals surface area contributed by atoms with Crippen LogP contribution in [0.2, 0.25) is 0 Å². The summed E-state index contributed by atoms with van der Waals surface area (Å²) in [6, 6.07) is 6.51. The highest BCUT2D eigenvalue weighted by Crippen LogP contribution is 2.56. The third-order valence-electron chi connectivity index (χ3n) is 8.26. The molecule has 1 saturated carbocycles. The second kappa shape index (κ2) is 9.43. The highest BCUT2D eigenvalue weighted by molar-refractivity contribution is 5.40. The number of rotatable bonds is 6. The molecule has 2 aliphatic carbocycles. The quantitative estimate of drug-likeness (QED) is 0.582. The van der Waals surface area contributed by atoms with Crippen molar-refractivity contribution in [1.29, 1.82) is 0 Å². The van der Waals surface area contributed by atoms with Crippen molar-refractivity contribution in [2.45, 2.75) is 82.6 Å². The molecule has 0 unspecified atom stereocenters. The van der Waals surface area contributed by atoms with E-state index in [1.54, 1.807) is 14.0 Å². The maximum Gasteiger partial charge on any atom is 0.186 e. The molecule has 178 valence electrons. The van der Waals surface area contributed by atoms with Crippen LogP contribution >= 0.6 is 0 Å². The zero-order valence-electron chi connectivity index (χ0n) is 19.4. The van der Waals surface area contributed by atoms with Gasteiger partial charge in [-0.3, -0.25) is 0 Å². The van der Waals surface area contributed by atoms with E-state index in [0.29, 0.717) is 24.4 Å². The van der Waals surface area contributed by atoms with Crippen LogP contribution in [0.5, 0.6) is 5.75 Å². The molecule has 1 aromatic carbocycles. The van der Waals surface area contributed by atoms with E-state index in [2.05, 4.69) is 31.7 Å². The number of methoxy groups -OCH3 is 1. The van der Waals surface area contributed by atoms with Crippen molar-refractivity contribution in [3.8, 4) is 5.75 Å². The zero-order valence-corrected chi connectivity index (χ0v) is 19.4. The maximum absolute atomic E-state index is 10.4. The molecule has 9 atom stereocenters. The first-order chi connectivity index (χ1) is 15.3. The van der Waals surface area contributed by atoms with Crippen molar-refractivity contribution >= 4 is 0 Å². The number of ether oxygens (including phenoxy) is 3. The van der Waals surface area contributed by atoms with Crippen molar-refractivity contribution in [3.05, 3.63) is 42.0 Å². The van der Waals surface area contributed by atoms with E-state index in [4.69, 9.17) is 14.2 Å². The number of aliphatic hydroxyl groups excluding tert-OH is 3. The summed E-state index contributed by atoms with van der Waals surface area (Å²) in [6.45, 7) is 8.41. The molecular formula is C26H38O6. The van der Waals surface area contributed by atoms with Crippen molar-refractivity contribution in [2.24, 2.45) is 17.3 Å². The van der Waals surface area contributed by atoms with Gasteiger partial charge in [-0.2, -0.15) is 0 Å². The fourth-order valence-electron chi connectivity index (χ4n) is 6.32. The minimum Gasteiger partial charge on any atom is -0.497 e. The Morgan fingerprint density at radius 3 is 2.69 bits per heavy atom. The SMILES string of the molecule is C=CC[C@H]1[C@@H]2CCc3cc(OC)ccc3[C@H]2CC[C@]1(C)CO[C@@H]1O[C@@H](C)[C@H](O)[C@@H](O)[C@H]1O. The summed E-state index contributed by atoms with van der Waals surface area (Å²) in [5.74, 6) is 2.39. The van der Waals surface area contributed by atoms with Crippen molar-refractivity contribution in [3.63, 3.8) is 0 Å². The largest absolute Gasteiger partial charge is 0.497 e. The first-order valence-corrected chi connectivity index (χ1v) is 11.9. The van der Waals surface area contributed by atoms with Crippen molar-refractivity contribution in [2.75, 3.05) is 13.7 Å². The molecule has 1 heterocycles. The normalized spacial score (nSPS) is 41.4. The zero-order chi connectivity index (χ0) is 23.0. The van der Waals surface area contributed by atoms with Gasteiger partial charge in [-0.25, -0.2) is 0 Å². The molecule has 1 aliphatic heterocycles. The summed E-state index contributed by atoms with van der Waals surface area (Å²) in [5.41, 5.74) is 2.77. The van der Waals surface area contributed by atoms with Gasteiger partial charge in [0.05, 0.1) is 19.8 Å².